The van der Waals surface area contributed by atoms with Crippen molar-refractivity contribution in [1.82, 2.24) is 20.1 Å². The number of thiazole rings is 1. The Morgan fingerprint density at radius 1 is 1.45 bits per heavy atom. The lowest BCUT2D eigenvalue weighted by Gasteiger charge is -2.04. The molecule has 106 valence electrons. The van der Waals surface area contributed by atoms with Gasteiger partial charge in [0.05, 0.1) is 5.01 Å². The van der Waals surface area contributed by atoms with Crippen LogP contribution in [-0.2, 0) is 13.5 Å². The van der Waals surface area contributed by atoms with E-state index >= 15 is 0 Å². The molecule has 0 aliphatic carbocycles. The van der Waals surface area contributed by atoms with Crippen molar-refractivity contribution in [3.8, 4) is 0 Å². The zero-order valence-corrected chi connectivity index (χ0v) is 12.2. The highest BCUT2D eigenvalue weighted by Gasteiger charge is 2.07. The van der Waals surface area contributed by atoms with Crippen LogP contribution in [0, 0.1) is 6.92 Å². The van der Waals surface area contributed by atoms with E-state index in [2.05, 4.69) is 15.4 Å². The molecule has 0 aromatic carbocycles. The van der Waals surface area contributed by atoms with Gasteiger partial charge in [-0.05, 0) is 19.4 Å². The number of aromatic nitrogens is 3. The Kier molecular flexibility index (Phi) is 4.62. The lowest BCUT2D eigenvalue weighted by atomic mass is 10.3. The van der Waals surface area contributed by atoms with Gasteiger partial charge in [-0.25, -0.2) is 9.67 Å². The van der Waals surface area contributed by atoms with Gasteiger partial charge < -0.3 is 5.32 Å². The van der Waals surface area contributed by atoms with Gasteiger partial charge in [-0.1, -0.05) is 0 Å². The Labute approximate surface area is 120 Å². The van der Waals surface area contributed by atoms with Gasteiger partial charge in [0.15, 0.2) is 0 Å². The Morgan fingerprint density at radius 3 is 2.90 bits per heavy atom. The Morgan fingerprint density at radius 2 is 2.25 bits per heavy atom. The molecule has 1 N–H and O–H groups in total. The molecule has 2 heterocycles. The average molecular weight is 292 g/mol. The van der Waals surface area contributed by atoms with Gasteiger partial charge in [0.25, 0.3) is 11.5 Å². The van der Waals surface area contributed by atoms with Crippen LogP contribution >= 0.6 is 11.3 Å². The van der Waals surface area contributed by atoms with Gasteiger partial charge in [-0.15, -0.1) is 11.3 Å². The molecule has 0 bridgehead atoms. The predicted molar refractivity (Wildman–Crippen MR) is 77.0 cm³/mol. The molecule has 0 aliphatic rings. The molecule has 0 saturated heterocycles. The maximum absolute atomic E-state index is 11.8. The number of aryl methyl sites for hydroxylation is 3. The highest BCUT2D eigenvalue weighted by Crippen LogP contribution is 2.10. The molecule has 2 aromatic heterocycles. The summed E-state index contributed by atoms with van der Waals surface area (Å²) in [5.74, 6) is -0.268. The summed E-state index contributed by atoms with van der Waals surface area (Å²) in [6.07, 6.45) is 1.67. The number of rotatable bonds is 5. The number of hydrogen-bond donors (Lipinski definition) is 1. The molecule has 2 aromatic rings. The minimum absolute atomic E-state index is 0.235. The normalized spacial score (nSPS) is 10.5. The molecule has 20 heavy (non-hydrogen) atoms. The van der Waals surface area contributed by atoms with Gasteiger partial charge in [-0.2, -0.15) is 5.10 Å². The van der Waals surface area contributed by atoms with Crippen LogP contribution in [0.1, 0.15) is 27.6 Å². The first kappa shape index (κ1) is 14.4. The minimum atomic E-state index is -0.268. The first-order valence-corrected chi connectivity index (χ1v) is 7.18. The van der Waals surface area contributed by atoms with Gasteiger partial charge >= 0.3 is 0 Å². The van der Waals surface area contributed by atoms with E-state index in [0.717, 1.165) is 28.2 Å². The summed E-state index contributed by atoms with van der Waals surface area (Å²) >= 11 is 1.63. The summed E-state index contributed by atoms with van der Waals surface area (Å²) in [6, 6.07) is 2.77. The smallest absolute Gasteiger partial charge is 0.271 e. The molecular weight excluding hydrogens is 276 g/mol. The predicted octanol–water partition coefficient (Wildman–Crippen LogP) is 0.908. The molecule has 2 rings (SSSR count). The van der Waals surface area contributed by atoms with E-state index in [0.29, 0.717) is 6.54 Å². The van der Waals surface area contributed by atoms with Gasteiger partial charge in [-0.3, -0.25) is 9.59 Å². The first-order valence-electron chi connectivity index (χ1n) is 6.30. The van der Waals surface area contributed by atoms with Crippen LogP contribution in [0.15, 0.2) is 22.3 Å². The molecule has 0 radical (unpaired) electrons. The van der Waals surface area contributed by atoms with E-state index in [1.165, 1.54) is 19.2 Å². The van der Waals surface area contributed by atoms with E-state index in [1.54, 1.807) is 11.3 Å². The standard InChI is InChI=1S/C13H16N4O2S/c1-9-8-20-11(15-9)4-3-7-14-13(19)10-5-6-12(18)17(2)16-10/h5-6,8H,3-4,7H2,1-2H3,(H,14,19). The SMILES string of the molecule is Cc1csc(CCCNC(=O)c2ccc(=O)n(C)n2)n1. The molecule has 0 atom stereocenters. The fourth-order valence-corrected chi connectivity index (χ4v) is 2.49. The van der Waals surface area contributed by atoms with Gasteiger partial charge in [0.2, 0.25) is 0 Å². The van der Waals surface area contributed by atoms with Gasteiger partial charge in [0, 0.05) is 37.2 Å². The van der Waals surface area contributed by atoms with E-state index in [9.17, 15) is 9.59 Å². The molecule has 6 nitrogen and oxygen atoms in total. The monoisotopic (exact) mass is 292 g/mol. The molecule has 7 heteroatoms. The topological polar surface area (TPSA) is 76.9 Å². The second-order valence-electron chi connectivity index (χ2n) is 4.42. The second-order valence-corrected chi connectivity index (χ2v) is 5.37. The number of nitrogens with one attached hydrogen (secondary N) is 1. The third-order valence-electron chi connectivity index (χ3n) is 2.71. The number of nitrogens with zero attached hydrogens (tertiary/aromatic N) is 3. The fraction of sp³-hybridized carbons (Fsp3) is 0.385. The molecule has 0 saturated carbocycles. The summed E-state index contributed by atoms with van der Waals surface area (Å²) in [6.45, 7) is 2.52. The van der Waals surface area contributed by atoms with Crippen molar-refractivity contribution in [2.24, 2.45) is 7.05 Å². The zero-order chi connectivity index (χ0) is 14.5. The van der Waals surface area contributed by atoms with Crippen LogP contribution in [0.25, 0.3) is 0 Å². The van der Waals surface area contributed by atoms with Crippen molar-refractivity contribution < 1.29 is 4.79 Å². The maximum Gasteiger partial charge on any atom is 0.271 e. The average Bonchev–Trinajstić information content (AvgIpc) is 2.83. The lowest BCUT2D eigenvalue weighted by Crippen LogP contribution is -2.29. The van der Waals surface area contributed by atoms with Crippen LogP contribution in [-0.4, -0.2) is 27.2 Å². The van der Waals surface area contributed by atoms with E-state index in [4.69, 9.17) is 0 Å². The second kappa shape index (κ2) is 6.42. The van der Waals surface area contributed by atoms with Crippen LogP contribution in [0.3, 0.4) is 0 Å². The summed E-state index contributed by atoms with van der Waals surface area (Å²) in [7, 11) is 1.52. The van der Waals surface area contributed by atoms with Crippen LogP contribution in [0.4, 0.5) is 0 Å². The molecular formula is C13H16N4O2S. The molecule has 1 amide bonds. The van der Waals surface area contributed by atoms with Crippen LogP contribution < -0.4 is 10.9 Å². The first-order chi connectivity index (χ1) is 9.56. The highest BCUT2D eigenvalue weighted by atomic mass is 32.1. The van der Waals surface area contributed by atoms with E-state index in [1.807, 2.05) is 12.3 Å². The van der Waals surface area contributed by atoms with Crippen molar-refractivity contribution in [3.63, 3.8) is 0 Å². The Balaban J connectivity index is 1.80. The number of carbonyl (C=O) groups excluding carboxylic acids is 1. The molecule has 0 spiro atoms. The molecule has 0 unspecified atom stereocenters. The summed E-state index contributed by atoms with van der Waals surface area (Å²) < 4.78 is 1.15. The van der Waals surface area contributed by atoms with E-state index < -0.39 is 0 Å². The highest BCUT2D eigenvalue weighted by molar-refractivity contribution is 7.09. The molecule has 0 aliphatic heterocycles. The van der Waals surface area contributed by atoms with Crippen molar-refractivity contribution >= 4 is 17.2 Å². The third-order valence-corrected chi connectivity index (χ3v) is 3.74. The number of amides is 1. The Hall–Kier alpha value is -2.02. The fourth-order valence-electron chi connectivity index (χ4n) is 1.67. The van der Waals surface area contributed by atoms with Crippen molar-refractivity contribution in [2.75, 3.05) is 6.54 Å². The van der Waals surface area contributed by atoms with Crippen LogP contribution in [0.5, 0.6) is 0 Å². The zero-order valence-electron chi connectivity index (χ0n) is 11.4. The third kappa shape index (κ3) is 3.74. The summed E-state index contributed by atoms with van der Waals surface area (Å²) in [5.41, 5.74) is 1.04. The number of hydrogen-bond acceptors (Lipinski definition) is 5. The Bertz CT molecular complexity index is 662. The van der Waals surface area contributed by atoms with Gasteiger partial charge in [0.1, 0.15) is 5.69 Å². The maximum atomic E-state index is 11.8. The van der Waals surface area contributed by atoms with Crippen molar-refractivity contribution in [1.29, 1.82) is 0 Å². The van der Waals surface area contributed by atoms with Crippen molar-refractivity contribution in [2.45, 2.75) is 19.8 Å². The summed E-state index contributed by atoms with van der Waals surface area (Å²) in [4.78, 5) is 27.4. The largest absolute Gasteiger partial charge is 0.351 e. The van der Waals surface area contributed by atoms with Crippen LogP contribution in [0.2, 0.25) is 0 Å². The van der Waals surface area contributed by atoms with E-state index in [-0.39, 0.29) is 17.2 Å². The van der Waals surface area contributed by atoms with Crippen molar-refractivity contribution in [3.05, 3.63) is 44.3 Å². The molecule has 0 fully saturated rings. The lowest BCUT2D eigenvalue weighted by molar-refractivity contribution is 0.0946. The quantitative estimate of drug-likeness (QED) is 0.831. The minimum Gasteiger partial charge on any atom is -0.351 e. The number of carbonyl (C=O) groups is 1. The summed E-state index contributed by atoms with van der Waals surface area (Å²) in [5, 5.41) is 9.77.